The lowest BCUT2D eigenvalue weighted by Crippen LogP contribution is -2.41. The van der Waals surface area contributed by atoms with Gasteiger partial charge in [0.15, 0.2) is 0 Å². The molecule has 5 heteroatoms. The van der Waals surface area contributed by atoms with E-state index in [1.165, 1.54) is 7.11 Å². The summed E-state index contributed by atoms with van der Waals surface area (Å²) in [6.07, 6.45) is 0.459. The van der Waals surface area contributed by atoms with E-state index in [1.807, 2.05) is 19.1 Å². The van der Waals surface area contributed by atoms with Gasteiger partial charge < -0.3 is 15.2 Å². The van der Waals surface area contributed by atoms with Gasteiger partial charge in [-0.05, 0) is 19.4 Å². The van der Waals surface area contributed by atoms with Crippen LogP contribution in [0.2, 0.25) is 0 Å². The minimum absolute atomic E-state index is 0.106. The molecule has 19 heavy (non-hydrogen) atoms. The highest BCUT2D eigenvalue weighted by molar-refractivity contribution is 5.85. The number of aryl methyl sites for hydroxylation is 1. The number of rotatable bonds is 6. The van der Waals surface area contributed by atoms with E-state index in [-0.39, 0.29) is 12.3 Å². The maximum Gasteiger partial charge on any atom is 0.326 e. The van der Waals surface area contributed by atoms with E-state index in [0.717, 1.165) is 11.1 Å². The van der Waals surface area contributed by atoms with Crippen molar-refractivity contribution in [1.29, 1.82) is 0 Å². The average Bonchev–Trinajstić information content (AvgIpc) is 2.35. The van der Waals surface area contributed by atoms with Crippen molar-refractivity contribution in [2.75, 3.05) is 7.11 Å². The fourth-order valence-electron chi connectivity index (χ4n) is 1.80. The second-order valence-corrected chi connectivity index (χ2v) is 4.36. The lowest BCUT2D eigenvalue weighted by Gasteiger charge is -2.13. The van der Waals surface area contributed by atoms with Crippen LogP contribution in [0.25, 0.3) is 0 Å². The molecule has 0 saturated carbocycles. The number of carboxylic acid groups (broad SMARTS) is 1. The predicted molar refractivity (Wildman–Crippen MR) is 71.3 cm³/mol. The molecule has 1 amide bonds. The molecule has 0 fully saturated rings. The van der Waals surface area contributed by atoms with Crippen LogP contribution in [0.3, 0.4) is 0 Å². The van der Waals surface area contributed by atoms with Crippen LogP contribution in [-0.2, 0) is 16.0 Å². The first kappa shape index (κ1) is 15.0. The molecule has 0 aromatic heterocycles. The van der Waals surface area contributed by atoms with Crippen molar-refractivity contribution >= 4 is 11.9 Å². The minimum atomic E-state index is -1.02. The van der Waals surface area contributed by atoms with Crippen molar-refractivity contribution in [2.45, 2.75) is 32.7 Å². The number of methoxy groups -OCH3 is 1. The Bertz CT molecular complexity index is 471. The third-order valence-corrected chi connectivity index (χ3v) is 2.83. The van der Waals surface area contributed by atoms with Crippen molar-refractivity contribution in [3.63, 3.8) is 0 Å². The van der Waals surface area contributed by atoms with Crippen LogP contribution in [0.15, 0.2) is 18.2 Å². The van der Waals surface area contributed by atoms with Crippen molar-refractivity contribution in [1.82, 2.24) is 5.32 Å². The molecule has 0 aliphatic heterocycles. The summed E-state index contributed by atoms with van der Waals surface area (Å²) >= 11 is 0. The van der Waals surface area contributed by atoms with E-state index in [1.54, 1.807) is 13.0 Å². The van der Waals surface area contributed by atoms with Gasteiger partial charge >= 0.3 is 5.97 Å². The molecule has 5 nitrogen and oxygen atoms in total. The number of hydrogen-bond donors (Lipinski definition) is 2. The lowest BCUT2D eigenvalue weighted by atomic mass is 10.1. The molecule has 2 N–H and O–H groups in total. The zero-order chi connectivity index (χ0) is 14.4. The lowest BCUT2D eigenvalue weighted by molar-refractivity contribution is -0.141. The van der Waals surface area contributed by atoms with E-state index in [2.05, 4.69) is 5.32 Å². The van der Waals surface area contributed by atoms with Gasteiger partial charge in [0.2, 0.25) is 5.91 Å². The molecule has 0 radical (unpaired) electrons. The Hall–Kier alpha value is -2.04. The average molecular weight is 265 g/mol. The molecule has 1 rings (SSSR count). The number of carbonyl (C=O) groups is 2. The van der Waals surface area contributed by atoms with Gasteiger partial charge in [-0.15, -0.1) is 0 Å². The van der Waals surface area contributed by atoms with Gasteiger partial charge in [-0.25, -0.2) is 4.79 Å². The van der Waals surface area contributed by atoms with Gasteiger partial charge in [-0.2, -0.15) is 0 Å². The van der Waals surface area contributed by atoms with E-state index in [4.69, 9.17) is 9.84 Å². The molecule has 0 heterocycles. The van der Waals surface area contributed by atoms with E-state index < -0.39 is 12.0 Å². The quantitative estimate of drug-likeness (QED) is 0.817. The van der Waals surface area contributed by atoms with Crippen LogP contribution in [0.5, 0.6) is 5.75 Å². The fraction of sp³-hybridized carbons (Fsp3) is 0.429. The highest BCUT2D eigenvalue weighted by atomic mass is 16.5. The third kappa shape index (κ3) is 4.28. The molecular weight excluding hydrogens is 246 g/mol. The Kier molecular flexibility index (Phi) is 5.36. The van der Waals surface area contributed by atoms with Crippen LogP contribution in [0, 0.1) is 6.92 Å². The SMILES string of the molecule is CCC(NC(=O)Cc1cc(C)ccc1OC)C(=O)O. The van der Waals surface area contributed by atoms with E-state index in [0.29, 0.717) is 12.2 Å². The topological polar surface area (TPSA) is 75.6 Å². The predicted octanol–water partition coefficient (Wildman–Crippen LogP) is 1.53. The second-order valence-electron chi connectivity index (χ2n) is 4.36. The molecule has 1 aromatic carbocycles. The Morgan fingerprint density at radius 3 is 2.63 bits per heavy atom. The van der Waals surface area contributed by atoms with Gasteiger partial charge in [0.05, 0.1) is 13.5 Å². The summed E-state index contributed by atoms with van der Waals surface area (Å²) in [5.41, 5.74) is 1.77. The smallest absolute Gasteiger partial charge is 0.326 e. The van der Waals surface area contributed by atoms with Crippen LogP contribution < -0.4 is 10.1 Å². The van der Waals surface area contributed by atoms with Crippen LogP contribution in [0.4, 0.5) is 0 Å². The number of carbonyl (C=O) groups excluding carboxylic acids is 1. The van der Waals surface area contributed by atoms with E-state index in [9.17, 15) is 9.59 Å². The molecule has 0 bridgehead atoms. The molecule has 1 unspecified atom stereocenters. The number of hydrogen-bond acceptors (Lipinski definition) is 3. The molecule has 0 saturated heterocycles. The monoisotopic (exact) mass is 265 g/mol. The molecule has 0 aliphatic rings. The summed E-state index contributed by atoms with van der Waals surface area (Å²) in [5, 5.41) is 11.4. The first-order chi connectivity index (χ1) is 8.97. The molecule has 0 aliphatic carbocycles. The maximum absolute atomic E-state index is 11.8. The van der Waals surface area contributed by atoms with Crippen LogP contribution in [-0.4, -0.2) is 30.1 Å². The number of carboxylic acids is 1. The zero-order valence-corrected chi connectivity index (χ0v) is 11.4. The number of benzene rings is 1. The van der Waals surface area contributed by atoms with Crippen LogP contribution >= 0.6 is 0 Å². The minimum Gasteiger partial charge on any atom is -0.496 e. The van der Waals surface area contributed by atoms with Crippen molar-refractivity contribution < 1.29 is 19.4 Å². The Labute approximate surface area is 112 Å². The number of aliphatic carboxylic acids is 1. The summed E-state index contributed by atoms with van der Waals surface area (Å²) in [4.78, 5) is 22.7. The first-order valence-electron chi connectivity index (χ1n) is 6.13. The van der Waals surface area contributed by atoms with Gasteiger partial charge in [0, 0.05) is 5.56 Å². The summed E-state index contributed by atoms with van der Waals surface area (Å²) in [7, 11) is 1.54. The highest BCUT2D eigenvalue weighted by Crippen LogP contribution is 2.20. The van der Waals surface area contributed by atoms with Gasteiger partial charge in [0.1, 0.15) is 11.8 Å². The number of nitrogens with one attached hydrogen (secondary N) is 1. The molecule has 1 atom stereocenters. The van der Waals surface area contributed by atoms with E-state index >= 15 is 0 Å². The number of amides is 1. The molecule has 104 valence electrons. The van der Waals surface area contributed by atoms with Gasteiger partial charge in [-0.1, -0.05) is 24.6 Å². The standard InChI is InChI=1S/C14H19NO4/c1-4-11(14(17)18)15-13(16)8-10-7-9(2)5-6-12(10)19-3/h5-7,11H,4,8H2,1-3H3,(H,15,16)(H,17,18). The Morgan fingerprint density at radius 1 is 1.42 bits per heavy atom. The Morgan fingerprint density at radius 2 is 2.11 bits per heavy atom. The highest BCUT2D eigenvalue weighted by Gasteiger charge is 2.18. The summed E-state index contributed by atoms with van der Waals surface area (Å²) in [6.45, 7) is 3.64. The molecule has 0 spiro atoms. The van der Waals surface area contributed by atoms with Gasteiger partial charge in [-0.3, -0.25) is 4.79 Å². The third-order valence-electron chi connectivity index (χ3n) is 2.83. The zero-order valence-electron chi connectivity index (χ0n) is 11.4. The van der Waals surface area contributed by atoms with Gasteiger partial charge in [0.25, 0.3) is 0 Å². The normalized spacial score (nSPS) is 11.7. The van der Waals surface area contributed by atoms with Crippen molar-refractivity contribution in [3.8, 4) is 5.75 Å². The van der Waals surface area contributed by atoms with Crippen LogP contribution in [0.1, 0.15) is 24.5 Å². The first-order valence-corrected chi connectivity index (χ1v) is 6.13. The largest absolute Gasteiger partial charge is 0.496 e. The maximum atomic E-state index is 11.8. The second kappa shape index (κ2) is 6.78. The van der Waals surface area contributed by atoms with Crippen molar-refractivity contribution in [2.24, 2.45) is 0 Å². The fourth-order valence-corrected chi connectivity index (χ4v) is 1.80. The summed E-state index contributed by atoms with van der Waals surface area (Å²) < 4.78 is 5.18. The summed E-state index contributed by atoms with van der Waals surface area (Å²) in [6, 6.07) is 4.71. The molecule has 1 aromatic rings. The Balaban J connectivity index is 2.76. The van der Waals surface area contributed by atoms with Crippen molar-refractivity contribution in [3.05, 3.63) is 29.3 Å². The summed E-state index contributed by atoms with van der Waals surface area (Å²) in [5.74, 6) is -0.714. The molecular formula is C14H19NO4. The number of ether oxygens (including phenoxy) is 1.